The largest absolute Gasteiger partial charge is 0.354 e. The SMILES string of the molecule is Cc1c(C=CCN2CCN(c3ccccn3)CC2)cnn1-c1ncccn1. The Morgan fingerprint density at radius 3 is 2.48 bits per heavy atom. The summed E-state index contributed by atoms with van der Waals surface area (Å²) in [6.45, 7) is 7.06. The van der Waals surface area contributed by atoms with Crippen molar-refractivity contribution < 1.29 is 0 Å². The number of nitrogens with zero attached hydrogens (tertiary/aromatic N) is 7. The number of rotatable bonds is 5. The summed E-state index contributed by atoms with van der Waals surface area (Å²) in [5.41, 5.74) is 2.13. The molecule has 1 fully saturated rings. The van der Waals surface area contributed by atoms with Crippen LogP contribution in [-0.4, -0.2) is 62.4 Å². The Hall–Kier alpha value is -3.06. The maximum atomic E-state index is 4.44. The van der Waals surface area contributed by atoms with E-state index in [0.29, 0.717) is 5.95 Å². The Morgan fingerprint density at radius 2 is 1.74 bits per heavy atom. The zero-order valence-electron chi connectivity index (χ0n) is 15.4. The zero-order valence-corrected chi connectivity index (χ0v) is 15.4. The van der Waals surface area contributed by atoms with Crippen molar-refractivity contribution in [1.82, 2.24) is 29.6 Å². The van der Waals surface area contributed by atoms with Gasteiger partial charge in [0.2, 0.25) is 0 Å². The van der Waals surface area contributed by atoms with Crippen LogP contribution in [0.3, 0.4) is 0 Å². The van der Waals surface area contributed by atoms with E-state index in [4.69, 9.17) is 0 Å². The molecular formula is C20H23N7. The number of hydrogen-bond acceptors (Lipinski definition) is 6. The molecule has 0 amide bonds. The fraction of sp³-hybridized carbons (Fsp3) is 0.300. The number of anilines is 1. The Labute approximate surface area is 159 Å². The maximum absolute atomic E-state index is 4.44. The fourth-order valence-corrected chi connectivity index (χ4v) is 3.22. The predicted molar refractivity (Wildman–Crippen MR) is 106 cm³/mol. The number of pyridine rings is 1. The van der Waals surface area contributed by atoms with Crippen molar-refractivity contribution in [2.24, 2.45) is 0 Å². The van der Waals surface area contributed by atoms with Gasteiger partial charge in [0.25, 0.3) is 5.95 Å². The van der Waals surface area contributed by atoms with Gasteiger partial charge >= 0.3 is 0 Å². The molecule has 7 nitrogen and oxygen atoms in total. The van der Waals surface area contributed by atoms with Gasteiger partial charge in [-0.2, -0.15) is 5.10 Å². The van der Waals surface area contributed by atoms with Crippen LogP contribution >= 0.6 is 0 Å². The summed E-state index contributed by atoms with van der Waals surface area (Å²) in [6, 6.07) is 7.88. The molecule has 0 radical (unpaired) electrons. The van der Waals surface area contributed by atoms with Gasteiger partial charge in [-0.05, 0) is 25.1 Å². The minimum Gasteiger partial charge on any atom is -0.354 e. The molecule has 0 N–H and O–H groups in total. The highest BCUT2D eigenvalue weighted by atomic mass is 15.3. The van der Waals surface area contributed by atoms with E-state index in [2.05, 4.69) is 48.1 Å². The van der Waals surface area contributed by atoms with Gasteiger partial charge in [-0.15, -0.1) is 0 Å². The summed E-state index contributed by atoms with van der Waals surface area (Å²) in [4.78, 5) is 17.7. The highest BCUT2D eigenvalue weighted by molar-refractivity contribution is 5.51. The van der Waals surface area contributed by atoms with Crippen LogP contribution in [0.1, 0.15) is 11.3 Å². The molecule has 4 rings (SSSR count). The summed E-state index contributed by atoms with van der Waals surface area (Å²) in [7, 11) is 0. The van der Waals surface area contributed by atoms with Crippen molar-refractivity contribution in [2.45, 2.75) is 6.92 Å². The molecule has 0 spiro atoms. The van der Waals surface area contributed by atoms with Gasteiger partial charge in [0.1, 0.15) is 5.82 Å². The maximum Gasteiger partial charge on any atom is 0.250 e. The minimum atomic E-state index is 0.597. The van der Waals surface area contributed by atoms with Gasteiger partial charge in [-0.25, -0.2) is 19.6 Å². The molecule has 3 aromatic heterocycles. The van der Waals surface area contributed by atoms with Crippen LogP contribution in [0.5, 0.6) is 0 Å². The van der Waals surface area contributed by atoms with Crippen LogP contribution in [0.15, 0.2) is 55.1 Å². The molecule has 27 heavy (non-hydrogen) atoms. The van der Waals surface area contributed by atoms with Gasteiger partial charge in [-0.3, -0.25) is 4.90 Å². The third-order valence-corrected chi connectivity index (χ3v) is 4.80. The minimum absolute atomic E-state index is 0.597. The summed E-state index contributed by atoms with van der Waals surface area (Å²) in [5.74, 6) is 1.67. The first-order valence-electron chi connectivity index (χ1n) is 9.18. The molecule has 0 aliphatic carbocycles. The molecule has 7 heteroatoms. The fourth-order valence-electron chi connectivity index (χ4n) is 3.22. The van der Waals surface area contributed by atoms with E-state index in [1.165, 1.54) is 0 Å². The lowest BCUT2D eigenvalue weighted by Crippen LogP contribution is -2.46. The monoisotopic (exact) mass is 361 g/mol. The summed E-state index contributed by atoms with van der Waals surface area (Å²) in [5, 5.41) is 4.41. The Morgan fingerprint density at radius 1 is 0.963 bits per heavy atom. The first-order valence-corrected chi connectivity index (χ1v) is 9.18. The molecule has 0 saturated carbocycles. The van der Waals surface area contributed by atoms with Crippen LogP contribution in [0, 0.1) is 6.92 Å². The number of piperazine rings is 1. The van der Waals surface area contributed by atoms with E-state index in [0.717, 1.165) is 49.8 Å². The molecule has 4 heterocycles. The first-order chi connectivity index (χ1) is 13.3. The third-order valence-electron chi connectivity index (χ3n) is 4.80. The topological polar surface area (TPSA) is 63.0 Å². The quantitative estimate of drug-likeness (QED) is 0.694. The Kier molecular flexibility index (Phi) is 5.20. The molecule has 0 aromatic carbocycles. The second-order valence-corrected chi connectivity index (χ2v) is 6.52. The normalized spacial score (nSPS) is 15.5. The molecule has 0 atom stereocenters. The molecule has 1 aliphatic heterocycles. The molecule has 0 unspecified atom stereocenters. The van der Waals surface area contributed by atoms with Crippen LogP contribution in [0.2, 0.25) is 0 Å². The molecular weight excluding hydrogens is 338 g/mol. The van der Waals surface area contributed by atoms with E-state index < -0.39 is 0 Å². The summed E-state index contributed by atoms with van der Waals surface area (Å²) in [6.07, 6.45) is 11.5. The molecule has 138 valence electrons. The summed E-state index contributed by atoms with van der Waals surface area (Å²) < 4.78 is 1.77. The van der Waals surface area contributed by atoms with E-state index >= 15 is 0 Å². The molecule has 1 saturated heterocycles. The van der Waals surface area contributed by atoms with E-state index in [-0.39, 0.29) is 0 Å². The van der Waals surface area contributed by atoms with Crippen molar-refractivity contribution >= 4 is 11.9 Å². The highest BCUT2D eigenvalue weighted by Gasteiger charge is 2.16. The lowest BCUT2D eigenvalue weighted by molar-refractivity contribution is 0.283. The smallest absolute Gasteiger partial charge is 0.250 e. The van der Waals surface area contributed by atoms with Crippen molar-refractivity contribution in [3.05, 3.63) is 66.4 Å². The average molecular weight is 361 g/mol. The Balaban J connectivity index is 1.32. The van der Waals surface area contributed by atoms with E-state index in [9.17, 15) is 0 Å². The average Bonchev–Trinajstić information content (AvgIpc) is 3.10. The predicted octanol–water partition coefficient (Wildman–Crippen LogP) is 2.20. The van der Waals surface area contributed by atoms with Gasteiger partial charge in [0.05, 0.1) is 11.9 Å². The first kappa shape index (κ1) is 17.4. The van der Waals surface area contributed by atoms with Crippen molar-refractivity contribution in [3.8, 4) is 5.95 Å². The molecule has 0 bridgehead atoms. The highest BCUT2D eigenvalue weighted by Crippen LogP contribution is 2.14. The number of hydrogen-bond donors (Lipinski definition) is 0. The zero-order chi connectivity index (χ0) is 18.5. The van der Waals surface area contributed by atoms with Gasteiger partial charge in [0, 0.05) is 56.9 Å². The van der Waals surface area contributed by atoms with Crippen molar-refractivity contribution in [2.75, 3.05) is 37.6 Å². The van der Waals surface area contributed by atoms with E-state index in [1.807, 2.05) is 31.5 Å². The number of aromatic nitrogens is 5. The molecule has 1 aliphatic rings. The van der Waals surface area contributed by atoms with Crippen LogP contribution in [0.4, 0.5) is 5.82 Å². The lowest BCUT2D eigenvalue weighted by atomic mass is 10.2. The second-order valence-electron chi connectivity index (χ2n) is 6.52. The standard InChI is InChI=1S/C20H23N7/c1-17-18(16-24-27(17)20-22-9-5-10-23-20)6-4-11-25-12-14-26(15-13-25)19-7-2-3-8-21-19/h2-10,16H,11-15H2,1H3. The Bertz CT molecular complexity index is 881. The second kappa shape index (κ2) is 8.09. The van der Waals surface area contributed by atoms with E-state index in [1.54, 1.807) is 23.1 Å². The van der Waals surface area contributed by atoms with Crippen molar-refractivity contribution in [1.29, 1.82) is 0 Å². The van der Waals surface area contributed by atoms with Gasteiger partial charge in [0.15, 0.2) is 0 Å². The van der Waals surface area contributed by atoms with Crippen molar-refractivity contribution in [3.63, 3.8) is 0 Å². The van der Waals surface area contributed by atoms with Crippen LogP contribution in [0.25, 0.3) is 12.0 Å². The molecule has 3 aromatic rings. The van der Waals surface area contributed by atoms with Gasteiger partial charge < -0.3 is 4.90 Å². The third kappa shape index (κ3) is 4.03. The lowest BCUT2D eigenvalue weighted by Gasteiger charge is -2.34. The van der Waals surface area contributed by atoms with Crippen LogP contribution in [-0.2, 0) is 0 Å². The van der Waals surface area contributed by atoms with Crippen LogP contribution < -0.4 is 4.90 Å². The van der Waals surface area contributed by atoms with Gasteiger partial charge in [-0.1, -0.05) is 18.2 Å². The summed E-state index contributed by atoms with van der Waals surface area (Å²) >= 11 is 0.